The number of hydrogen-bond acceptors (Lipinski definition) is 17. The van der Waals surface area contributed by atoms with E-state index in [9.17, 15) is 52.7 Å². The standard InChI is InChI=1S/C19H28N2O5S.C19H28N2O4S2.C17H24N2O5S.ClH/c1-3-5-6-7-8-9-10-20-15(22)11-14(18(20)25)19-21(16(23)13-27-19)12-17(24)26-4-2;1-3-5-6-7-8-9-10-20-16(26)11-14(18(20)24)19-21(15(22)13-27-19)12-17(23)25-4-2;1-2-3-4-5-6-7-8-18-13(20)9-12(16(18)24)17-19(10-15(22)23)14(21)11-25-17;/h2*3-13H2,1-2H3;2-11H2,1H3,(H,22,23);1H/b2*19-14-;17-12-;. The number of esters is 2. The van der Waals surface area contributed by atoms with Gasteiger partial charge in [0.15, 0.2) is 0 Å². The molecule has 20 nitrogen and oxygen atoms in total. The number of carbonyl (C=O) groups excluding carboxylic acids is 10. The number of carbonyl (C=O) groups is 11. The Bertz CT molecular complexity index is 2270. The lowest BCUT2D eigenvalue weighted by Gasteiger charge is -2.18. The molecule has 0 unspecified atom stereocenters. The van der Waals surface area contributed by atoms with E-state index in [1.54, 1.807) is 18.7 Å². The van der Waals surface area contributed by atoms with Gasteiger partial charge in [-0.2, -0.15) is 0 Å². The SMILES string of the molecule is CCCCCCCCN1C(=O)/C(=C2\SCC(=O)N2CC(=O)OCC)CC1=S.CCCCCCCCN1C(=O)C/C(=C2/SCC(=O)N2CC(=O)O)C1=O.CCCCCCCCN1C(=O)C/C(=C2/SCC(=O)N2CC(=O)OCC)C1=O.Cl. The van der Waals surface area contributed by atoms with Crippen LogP contribution in [0.25, 0.3) is 0 Å². The maximum absolute atomic E-state index is 12.8. The topological polar surface area (TPSA) is 246 Å². The van der Waals surface area contributed by atoms with E-state index in [0.717, 1.165) is 74.4 Å². The molecule has 6 aliphatic rings. The largest absolute Gasteiger partial charge is 0.480 e. The highest BCUT2D eigenvalue weighted by Crippen LogP contribution is 2.39. The molecule has 6 fully saturated rings. The number of thiocarbonyl (C=S) groups is 1. The van der Waals surface area contributed by atoms with E-state index in [1.165, 1.54) is 101 Å². The number of thioether (sulfide) groups is 3. The molecular formula is C55H81ClN6O14S4. The summed E-state index contributed by atoms with van der Waals surface area (Å²) in [4.78, 5) is 142. The van der Waals surface area contributed by atoms with Crippen molar-refractivity contribution in [3.05, 3.63) is 31.8 Å². The fourth-order valence-corrected chi connectivity index (χ4v) is 12.9. The Morgan fingerprint density at radius 1 is 0.425 bits per heavy atom. The first kappa shape index (κ1) is 69.5. The summed E-state index contributed by atoms with van der Waals surface area (Å²) >= 11 is 9.06. The molecule has 6 rings (SSSR count). The van der Waals surface area contributed by atoms with Gasteiger partial charge in [-0.25, -0.2) is 0 Å². The zero-order valence-electron chi connectivity index (χ0n) is 47.1. The third-order valence-electron chi connectivity index (χ3n) is 13.5. The van der Waals surface area contributed by atoms with E-state index >= 15 is 0 Å². The molecule has 6 aliphatic heterocycles. The normalized spacial score (nSPS) is 20.1. The van der Waals surface area contributed by atoms with Crippen molar-refractivity contribution in [3.63, 3.8) is 0 Å². The average Bonchev–Trinajstić information content (AvgIpc) is 4.27. The maximum Gasteiger partial charge on any atom is 0.326 e. The van der Waals surface area contributed by atoms with Crippen LogP contribution in [0.15, 0.2) is 31.8 Å². The summed E-state index contributed by atoms with van der Waals surface area (Å²) in [5.74, 6) is -3.74. The third-order valence-corrected chi connectivity index (χ3v) is 17.3. The number of unbranched alkanes of at least 4 members (excludes halogenated alkanes) is 15. The number of ether oxygens (including phenoxy) is 2. The minimum atomic E-state index is -1.14. The number of rotatable bonds is 29. The van der Waals surface area contributed by atoms with Crippen molar-refractivity contribution in [2.45, 2.75) is 169 Å². The minimum absolute atomic E-state index is 0. The Hall–Kier alpha value is -4.78. The van der Waals surface area contributed by atoms with Crippen LogP contribution in [0.3, 0.4) is 0 Å². The second-order valence-electron chi connectivity index (χ2n) is 19.5. The number of carboxylic acids is 1. The third kappa shape index (κ3) is 20.6. The van der Waals surface area contributed by atoms with Gasteiger partial charge in [-0.3, -0.25) is 77.2 Å². The van der Waals surface area contributed by atoms with Crippen LogP contribution in [0.1, 0.15) is 169 Å². The first-order valence-corrected chi connectivity index (χ1v) is 31.4. The zero-order valence-corrected chi connectivity index (χ0v) is 51.2. The van der Waals surface area contributed by atoms with Crippen molar-refractivity contribution >= 4 is 130 Å². The van der Waals surface area contributed by atoms with Crippen molar-refractivity contribution in [1.29, 1.82) is 0 Å². The van der Waals surface area contributed by atoms with Crippen molar-refractivity contribution < 1.29 is 67.3 Å². The van der Waals surface area contributed by atoms with E-state index in [4.69, 9.17) is 26.8 Å². The van der Waals surface area contributed by atoms with Crippen LogP contribution in [0.2, 0.25) is 0 Å². The van der Waals surface area contributed by atoms with Crippen LogP contribution >= 0.6 is 59.9 Å². The molecule has 0 atom stereocenters. The quantitative estimate of drug-likeness (QED) is 0.0244. The molecule has 0 spiro atoms. The average molecular weight is 1210 g/mol. The smallest absolute Gasteiger partial charge is 0.326 e. The van der Waals surface area contributed by atoms with Crippen LogP contribution in [0.4, 0.5) is 0 Å². The van der Waals surface area contributed by atoms with E-state index in [-0.39, 0.29) is 122 Å². The van der Waals surface area contributed by atoms with Crippen molar-refractivity contribution in [2.75, 3.05) is 69.7 Å². The summed E-state index contributed by atoms with van der Waals surface area (Å²) in [6, 6.07) is 0. The summed E-state index contributed by atoms with van der Waals surface area (Å²) in [6.45, 7) is 11.0. The monoisotopic (exact) mass is 1210 g/mol. The van der Waals surface area contributed by atoms with E-state index in [1.807, 2.05) is 0 Å². The predicted octanol–water partition coefficient (Wildman–Crippen LogP) is 8.11. The molecule has 0 aromatic carbocycles. The highest BCUT2D eigenvalue weighted by atomic mass is 35.5. The van der Waals surface area contributed by atoms with Crippen molar-refractivity contribution in [3.8, 4) is 0 Å². The Kier molecular flexibility index (Phi) is 31.8. The van der Waals surface area contributed by atoms with Gasteiger partial charge in [0.05, 0.1) is 80.1 Å². The first-order valence-electron chi connectivity index (χ1n) is 28.0. The molecule has 0 aromatic heterocycles. The molecule has 8 amide bonds. The van der Waals surface area contributed by atoms with Gasteiger partial charge >= 0.3 is 17.9 Å². The van der Waals surface area contributed by atoms with Crippen molar-refractivity contribution in [2.24, 2.45) is 0 Å². The summed E-state index contributed by atoms with van der Waals surface area (Å²) in [6.07, 6.45) is 20.0. The highest BCUT2D eigenvalue weighted by Gasteiger charge is 2.43. The molecule has 0 bridgehead atoms. The second-order valence-corrected chi connectivity index (χ2v) is 22.9. The number of amides is 8. The van der Waals surface area contributed by atoms with Gasteiger partial charge in [-0.1, -0.05) is 165 Å². The summed E-state index contributed by atoms with van der Waals surface area (Å²) in [5, 5.41) is 10.3. The molecule has 0 aliphatic carbocycles. The van der Waals surface area contributed by atoms with Gasteiger partial charge in [0, 0.05) is 26.1 Å². The molecule has 6 saturated heterocycles. The molecule has 0 aromatic rings. The first-order chi connectivity index (χ1) is 37.9. The highest BCUT2D eigenvalue weighted by molar-refractivity contribution is 8.04. The van der Waals surface area contributed by atoms with Gasteiger partial charge in [-0.05, 0) is 33.1 Å². The number of halogens is 1. The van der Waals surface area contributed by atoms with Crippen LogP contribution in [-0.4, -0.2) is 174 Å². The number of likely N-dealkylation sites (tertiary alicyclic amines) is 3. The van der Waals surface area contributed by atoms with Gasteiger partial charge in [0.25, 0.3) is 17.7 Å². The van der Waals surface area contributed by atoms with Gasteiger partial charge in [0.2, 0.25) is 29.5 Å². The number of hydrogen-bond donors (Lipinski definition) is 1. The lowest BCUT2D eigenvalue weighted by molar-refractivity contribution is -0.147. The second kappa shape index (κ2) is 36.6. The number of aliphatic carboxylic acids is 1. The molecule has 1 N–H and O–H groups in total. The van der Waals surface area contributed by atoms with E-state index in [2.05, 4.69) is 20.8 Å². The molecule has 25 heteroatoms. The maximum atomic E-state index is 12.8. The molecular weight excluding hydrogens is 1130 g/mol. The molecule has 446 valence electrons. The van der Waals surface area contributed by atoms with E-state index < -0.39 is 24.5 Å². The Morgan fingerprint density at radius 2 is 0.725 bits per heavy atom. The number of nitrogens with zero attached hydrogens (tertiary/aromatic N) is 6. The summed E-state index contributed by atoms with van der Waals surface area (Å²) in [5.41, 5.74) is 1.12. The van der Waals surface area contributed by atoms with Crippen molar-refractivity contribution in [1.82, 2.24) is 29.4 Å². The molecule has 0 radical (unpaired) electrons. The van der Waals surface area contributed by atoms with Gasteiger partial charge < -0.3 is 19.5 Å². The van der Waals surface area contributed by atoms with Gasteiger partial charge in [0.1, 0.15) is 19.6 Å². The lowest BCUT2D eigenvalue weighted by atomic mass is 10.1. The van der Waals surface area contributed by atoms with E-state index in [0.29, 0.717) is 57.3 Å². The molecule has 0 saturated carbocycles. The zero-order chi connectivity index (χ0) is 58.0. The molecule has 80 heavy (non-hydrogen) atoms. The fourth-order valence-electron chi connectivity index (χ4n) is 9.36. The minimum Gasteiger partial charge on any atom is -0.480 e. The Labute approximate surface area is 495 Å². The summed E-state index contributed by atoms with van der Waals surface area (Å²) < 4.78 is 9.84. The molecule has 6 heterocycles. The summed E-state index contributed by atoms with van der Waals surface area (Å²) in [7, 11) is 0. The van der Waals surface area contributed by atoms with Crippen LogP contribution < -0.4 is 0 Å². The number of carboxylic acid groups (broad SMARTS) is 1. The van der Waals surface area contributed by atoms with Gasteiger partial charge in [-0.15, -0.1) is 12.4 Å². The number of imide groups is 2. The predicted molar refractivity (Wildman–Crippen MR) is 313 cm³/mol. The Balaban J connectivity index is 0.000000314. The lowest BCUT2D eigenvalue weighted by Crippen LogP contribution is -2.33. The van der Waals surface area contributed by atoms with Crippen LogP contribution in [-0.2, 0) is 62.2 Å². The van der Waals surface area contributed by atoms with Crippen LogP contribution in [0, 0.1) is 0 Å². The van der Waals surface area contributed by atoms with Crippen LogP contribution in [0.5, 0.6) is 0 Å². The Morgan fingerprint density at radius 3 is 1.06 bits per heavy atom. The fraction of sp³-hybridized carbons (Fsp3) is 0.673.